The molecule has 0 amide bonds. The van der Waals surface area contributed by atoms with E-state index in [0.29, 0.717) is 16.4 Å². The van der Waals surface area contributed by atoms with Gasteiger partial charge in [0.2, 0.25) is 5.95 Å². The van der Waals surface area contributed by atoms with Crippen LogP contribution in [0.25, 0.3) is 22.6 Å². The molecule has 2 aromatic heterocycles. The lowest BCUT2D eigenvalue weighted by Crippen LogP contribution is -2.10. The Balaban J connectivity index is 2.30. The maximum Gasteiger partial charge on any atom is 0.278 e. The van der Waals surface area contributed by atoms with Crippen molar-refractivity contribution >= 4 is 28.7 Å². The molecule has 3 rings (SSSR count). The van der Waals surface area contributed by atoms with Crippen molar-refractivity contribution < 1.29 is 0 Å². The minimum Gasteiger partial charge on any atom is -0.369 e. The molecule has 6 nitrogen and oxygen atoms in total. The van der Waals surface area contributed by atoms with Crippen molar-refractivity contribution in [1.29, 1.82) is 0 Å². The van der Waals surface area contributed by atoms with E-state index < -0.39 is 0 Å². The van der Waals surface area contributed by atoms with Gasteiger partial charge in [-0.3, -0.25) is 9.78 Å². The third-order valence-electron chi connectivity index (χ3n) is 2.90. The van der Waals surface area contributed by atoms with Gasteiger partial charge in [-0.05, 0) is 18.6 Å². The van der Waals surface area contributed by atoms with E-state index in [1.165, 1.54) is 0 Å². The van der Waals surface area contributed by atoms with Crippen molar-refractivity contribution in [2.75, 3.05) is 5.73 Å². The summed E-state index contributed by atoms with van der Waals surface area (Å²) in [4.78, 5) is 25.3. The van der Waals surface area contributed by atoms with Crippen LogP contribution in [0.2, 0.25) is 5.02 Å². The van der Waals surface area contributed by atoms with Crippen molar-refractivity contribution in [3.8, 4) is 11.4 Å². The fourth-order valence-electron chi connectivity index (χ4n) is 1.92. The lowest BCUT2D eigenvalue weighted by molar-refractivity contribution is 1.17. The highest BCUT2D eigenvalue weighted by atomic mass is 35.5. The third-order valence-corrected chi connectivity index (χ3v) is 3.31. The average Bonchev–Trinajstić information content (AvgIpc) is 2.76. The van der Waals surface area contributed by atoms with E-state index >= 15 is 0 Å². The van der Waals surface area contributed by atoms with Gasteiger partial charge in [0.1, 0.15) is 5.82 Å². The van der Waals surface area contributed by atoms with Crippen LogP contribution in [0.3, 0.4) is 0 Å². The van der Waals surface area contributed by atoms with E-state index in [9.17, 15) is 4.79 Å². The highest BCUT2D eigenvalue weighted by Crippen LogP contribution is 2.26. The normalized spacial score (nSPS) is 11.1. The Morgan fingerprint density at radius 3 is 2.84 bits per heavy atom. The van der Waals surface area contributed by atoms with Gasteiger partial charge < -0.3 is 10.7 Å². The summed E-state index contributed by atoms with van der Waals surface area (Å²) in [6, 6.07) is 5.49. The second-order valence-corrected chi connectivity index (χ2v) is 4.55. The molecular weight excluding hydrogens is 266 g/mol. The summed E-state index contributed by atoms with van der Waals surface area (Å²) in [5.41, 5.74) is 7.43. The molecule has 3 aromatic rings. The van der Waals surface area contributed by atoms with E-state index in [2.05, 4.69) is 19.9 Å². The number of aromatic nitrogens is 4. The van der Waals surface area contributed by atoms with E-state index in [0.717, 1.165) is 11.1 Å². The SMILES string of the molecule is Cc1c(Cl)cccc1-c1nc2nc(N)[nH]c(=O)c2[nH]1. The van der Waals surface area contributed by atoms with Crippen LogP contribution in [0, 0.1) is 6.92 Å². The number of benzene rings is 1. The summed E-state index contributed by atoms with van der Waals surface area (Å²) in [5, 5.41) is 0.638. The topological polar surface area (TPSA) is 100 Å². The van der Waals surface area contributed by atoms with E-state index in [-0.39, 0.29) is 17.2 Å². The number of nitrogens with one attached hydrogen (secondary N) is 2. The molecule has 0 fully saturated rings. The molecule has 0 radical (unpaired) electrons. The van der Waals surface area contributed by atoms with Gasteiger partial charge in [0.05, 0.1) is 0 Å². The van der Waals surface area contributed by atoms with Crippen LogP contribution in [0.15, 0.2) is 23.0 Å². The number of anilines is 1. The number of halogens is 1. The molecule has 0 aliphatic rings. The van der Waals surface area contributed by atoms with E-state index in [1.54, 1.807) is 6.07 Å². The molecule has 0 aliphatic carbocycles. The zero-order valence-electron chi connectivity index (χ0n) is 9.99. The molecule has 0 aliphatic heterocycles. The molecule has 4 N–H and O–H groups in total. The first-order valence-electron chi connectivity index (χ1n) is 5.57. The summed E-state index contributed by atoms with van der Waals surface area (Å²) >= 11 is 6.07. The molecule has 0 atom stereocenters. The van der Waals surface area contributed by atoms with Crippen molar-refractivity contribution in [3.63, 3.8) is 0 Å². The number of fused-ring (bicyclic) bond motifs is 1. The number of nitrogens with zero attached hydrogens (tertiary/aromatic N) is 2. The Kier molecular flexibility index (Phi) is 2.53. The first-order valence-corrected chi connectivity index (χ1v) is 5.95. The number of rotatable bonds is 1. The van der Waals surface area contributed by atoms with E-state index in [4.69, 9.17) is 17.3 Å². The highest BCUT2D eigenvalue weighted by Gasteiger charge is 2.12. The number of imidazole rings is 1. The van der Waals surface area contributed by atoms with Gasteiger partial charge >= 0.3 is 0 Å². The monoisotopic (exact) mass is 275 g/mol. The number of hydrogen-bond acceptors (Lipinski definition) is 4. The maximum atomic E-state index is 11.7. The minimum atomic E-state index is -0.346. The van der Waals surface area contributed by atoms with Gasteiger partial charge in [0.15, 0.2) is 11.2 Å². The number of H-pyrrole nitrogens is 2. The maximum absolute atomic E-state index is 11.7. The fourth-order valence-corrected chi connectivity index (χ4v) is 2.09. The molecule has 1 aromatic carbocycles. The van der Waals surface area contributed by atoms with Gasteiger partial charge in [-0.15, -0.1) is 0 Å². The smallest absolute Gasteiger partial charge is 0.278 e. The highest BCUT2D eigenvalue weighted by molar-refractivity contribution is 6.31. The van der Waals surface area contributed by atoms with Gasteiger partial charge in [0, 0.05) is 10.6 Å². The summed E-state index contributed by atoms with van der Waals surface area (Å²) in [7, 11) is 0. The molecule has 7 heteroatoms. The molecule has 0 unspecified atom stereocenters. The molecule has 0 spiro atoms. The standard InChI is InChI=1S/C12H10ClN5O/c1-5-6(3-2-4-7(5)13)9-15-8-10(16-9)17-12(14)18-11(8)19/h2-4H,1H3,(H4,14,15,16,17,18,19). The quantitative estimate of drug-likeness (QED) is 0.631. The van der Waals surface area contributed by atoms with Crippen molar-refractivity contribution in [3.05, 3.63) is 39.1 Å². The Morgan fingerprint density at radius 1 is 1.26 bits per heavy atom. The lowest BCUT2D eigenvalue weighted by atomic mass is 10.1. The molecule has 0 saturated heterocycles. The van der Waals surface area contributed by atoms with Crippen LogP contribution < -0.4 is 11.3 Å². The van der Waals surface area contributed by atoms with Gasteiger partial charge in [-0.25, -0.2) is 4.98 Å². The van der Waals surface area contributed by atoms with Crippen LogP contribution in [-0.4, -0.2) is 19.9 Å². The van der Waals surface area contributed by atoms with Crippen molar-refractivity contribution in [2.45, 2.75) is 6.92 Å². The second kappa shape index (κ2) is 4.10. The van der Waals surface area contributed by atoms with Crippen molar-refractivity contribution in [2.24, 2.45) is 0 Å². The Bertz CT molecular complexity index is 836. The zero-order chi connectivity index (χ0) is 13.6. The minimum absolute atomic E-state index is 0.0402. The Hall–Kier alpha value is -2.34. The molecule has 0 saturated carbocycles. The third kappa shape index (κ3) is 1.86. The first kappa shape index (κ1) is 11.7. The number of nitrogens with two attached hydrogens (primary N) is 1. The molecule has 0 bridgehead atoms. The van der Waals surface area contributed by atoms with Crippen LogP contribution in [-0.2, 0) is 0 Å². The van der Waals surface area contributed by atoms with Gasteiger partial charge in [-0.1, -0.05) is 23.7 Å². The predicted molar refractivity (Wildman–Crippen MR) is 74.1 cm³/mol. The van der Waals surface area contributed by atoms with Crippen molar-refractivity contribution in [1.82, 2.24) is 19.9 Å². The molecular formula is C12H10ClN5O. The lowest BCUT2D eigenvalue weighted by Gasteiger charge is -2.03. The van der Waals surface area contributed by atoms with Gasteiger partial charge in [-0.2, -0.15) is 4.98 Å². The Labute approximate surface area is 112 Å². The van der Waals surface area contributed by atoms with Crippen LogP contribution in [0.1, 0.15) is 5.56 Å². The number of nitrogen functional groups attached to an aromatic ring is 1. The summed E-state index contributed by atoms with van der Waals surface area (Å²) in [5.74, 6) is 0.581. The Morgan fingerprint density at radius 2 is 2.05 bits per heavy atom. The second-order valence-electron chi connectivity index (χ2n) is 4.15. The van der Waals surface area contributed by atoms with Crippen LogP contribution >= 0.6 is 11.6 Å². The zero-order valence-corrected chi connectivity index (χ0v) is 10.7. The summed E-state index contributed by atoms with van der Waals surface area (Å²) in [6.45, 7) is 1.89. The van der Waals surface area contributed by atoms with Crippen LogP contribution in [0.4, 0.5) is 5.95 Å². The summed E-state index contributed by atoms with van der Waals surface area (Å²) < 4.78 is 0. The molecule has 19 heavy (non-hydrogen) atoms. The molecule has 2 heterocycles. The number of aromatic amines is 2. The summed E-state index contributed by atoms with van der Waals surface area (Å²) in [6.07, 6.45) is 0. The number of hydrogen-bond donors (Lipinski definition) is 3. The fraction of sp³-hybridized carbons (Fsp3) is 0.0833. The predicted octanol–water partition coefficient (Wildman–Crippen LogP) is 1.86. The van der Waals surface area contributed by atoms with Crippen LogP contribution in [0.5, 0.6) is 0 Å². The van der Waals surface area contributed by atoms with E-state index in [1.807, 2.05) is 19.1 Å². The first-order chi connectivity index (χ1) is 9.06. The molecule has 96 valence electrons. The van der Waals surface area contributed by atoms with Gasteiger partial charge in [0.25, 0.3) is 5.56 Å². The largest absolute Gasteiger partial charge is 0.369 e. The average molecular weight is 276 g/mol.